The molecule has 0 fully saturated rings. The Hall–Kier alpha value is -2.83. The van der Waals surface area contributed by atoms with Crippen LogP contribution in [0.15, 0.2) is 71.6 Å². The maximum absolute atomic E-state index is 12.5. The van der Waals surface area contributed by atoms with Gasteiger partial charge in [0.05, 0.1) is 15.8 Å². The molecule has 0 unspecified atom stereocenters. The lowest BCUT2D eigenvalue weighted by Gasteiger charge is -2.08. The first kappa shape index (κ1) is 18.5. The van der Waals surface area contributed by atoms with Crippen molar-refractivity contribution < 1.29 is 9.90 Å². The number of carbonyl (C=O) groups is 1. The van der Waals surface area contributed by atoms with Gasteiger partial charge in [0.1, 0.15) is 10.8 Å². The molecule has 28 heavy (non-hydrogen) atoms. The summed E-state index contributed by atoms with van der Waals surface area (Å²) in [7, 11) is 0. The van der Waals surface area contributed by atoms with E-state index in [0.29, 0.717) is 16.8 Å². The van der Waals surface area contributed by atoms with Gasteiger partial charge < -0.3 is 10.4 Å². The highest BCUT2D eigenvalue weighted by atomic mass is 32.2. The zero-order chi connectivity index (χ0) is 19.5. The van der Waals surface area contributed by atoms with Crippen molar-refractivity contribution in [2.24, 2.45) is 0 Å². The van der Waals surface area contributed by atoms with Gasteiger partial charge in [-0.05, 0) is 48.2 Å². The monoisotopic (exact) mass is 406 g/mol. The molecule has 0 aliphatic rings. The number of rotatable bonds is 5. The number of aromatic nitrogens is 1. The minimum atomic E-state index is -0.203. The summed E-state index contributed by atoms with van der Waals surface area (Å²) in [6.07, 6.45) is 0. The molecule has 0 atom stereocenters. The number of para-hydroxylation sites is 1. The molecule has 0 aliphatic heterocycles. The molecule has 2 N–H and O–H groups in total. The number of carbonyl (C=O) groups excluding carboxylic acids is 1. The quantitative estimate of drug-likeness (QED) is 0.397. The average molecular weight is 407 g/mol. The molecule has 4 aromatic rings. The zero-order valence-electron chi connectivity index (χ0n) is 15.2. The molecule has 4 nitrogen and oxygen atoms in total. The number of nitrogens with one attached hydrogen (secondary N) is 1. The van der Waals surface area contributed by atoms with Crippen molar-refractivity contribution in [1.82, 2.24) is 4.98 Å². The van der Waals surface area contributed by atoms with Crippen LogP contribution in [0.5, 0.6) is 5.75 Å². The van der Waals surface area contributed by atoms with E-state index in [2.05, 4.69) is 17.2 Å². The van der Waals surface area contributed by atoms with E-state index in [4.69, 9.17) is 0 Å². The van der Waals surface area contributed by atoms with Crippen molar-refractivity contribution in [2.75, 3.05) is 11.1 Å². The molecule has 0 bridgehead atoms. The molecular weight excluding hydrogens is 388 g/mol. The number of fused-ring (bicyclic) bond motifs is 1. The number of hydrogen-bond acceptors (Lipinski definition) is 5. The highest BCUT2D eigenvalue weighted by Crippen LogP contribution is 2.36. The predicted octanol–water partition coefficient (Wildman–Crippen LogP) is 6.03. The fourth-order valence-corrected chi connectivity index (χ4v) is 4.59. The van der Waals surface area contributed by atoms with Gasteiger partial charge in [0.2, 0.25) is 0 Å². The summed E-state index contributed by atoms with van der Waals surface area (Å²) >= 11 is 3.22. The first-order valence-corrected chi connectivity index (χ1v) is 10.7. The summed E-state index contributed by atoms with van der Waals surface area (Å²) in [6.45, 7) is 2.08. The third kappa shape index (κ3) is 3.88. The Bertz CT molecular complexity index is 1120. The lowest BCUT2D eigenvalue weighted by atomic mass is 10.1. The van der Waals surface area contributed by atoms with Gasteiger partial charge in [-0.3, -0.25) is 4.79 Å². The van der Waals surface area contributed by atoms with Crippen LogP contribution < -0.4 is 5.32 Å². The number of hydrogen-bond donors (Lipinski definition) is 2. The maximum Gasteiger partial charge on any atom is 0.255 e. The van der Waals surface area contributed by atoms with Crippen LogP contribution in [0.3, 0.4) is 0 Å². The molecule has 1 aromatic heterocycles. The van der Waals surface area contributed by atoms with Crippen LogP contribution in [-0.2, 0) is 0 Å². The van der Waals surface area contributed by atoms with Gasteiger partial charge in [0.15, 0.2) is 0 Å². The smallest absolute Gasteiger partial charge is 0.255 e. The normalized spacial score (nSPS) is 10.9. The van der Waals surface area contributed by atoms with Gasteiger partial charge in [-0.1, -0.05) is 25.1 Å². The van der Waals surface area contributed by atoms with Gasteiger partial charge in [-0.2, -0.15) is 0 Å². The Kier molecular flexibility index (Phi) is 5.32. The van der Waals surface area contributed by atoms with Gasteiger partial charge in [0.25, 0.3) is 5.91 Å². The fourth-order valence-electron chi connectivity index (χ4n) is 2.87. The molecule has 0 saturated heterocycles. The van der Waals surface area contributed by atoms with Crippen LogP contribution in [0, 0.1) is 0 Å². The van der Waals surface area contributed by atoms with E-state index in [-0.39, 0.29) is 11.7 Å². The molecule has 140 valence electrons. The number of aromatic hydroxyl groups is 1. The third-order valence-electron chi connectivity index (χ3n) is 4.19. The first-order valence-electron chi connectivity index (χ1n) is 8.87. The molecule has 4 rings (SSSR count). The summed E-state index contributed by atoms with van der Waals surface area (Å²) in [5, 5.41) is 14.1. The van der Waals surface area contributed by atoms with E-state index >= 15 is 0 Å². The van der Waals surface area contributed by atoms with Crippen molar-refractivity contribution in [1.29, 1.82) is 0 Å². The van der Waals surface area contributed by atoms with E-state index < -0.39 is 0 Å². The second-order valence-electron chi connectivity index (χ2n) is 6.13. The van der Waals surface area contributed by atoms with Crippen LogP contribution >= 0.6 is 23.1 Å². The molecule has 0 spiro atoms. The third-order valence-corrected chi connectivity index (χ3v) is 6.13. The van der Waals surface area contributed by atoms with Crippen LogP contribution in [0.25, 0.3) is 20.8 Å². The average Bonchev–Trinajstić information content (AvgIpc) is 3.12. The Morgan fingerprint density at radius 2 is 1.96 bits per heavy atom. The van der Waals surface area contributed by atoms with E-state index in [0.717, 1.165) is 25.9 Å². The molecule has 6 heteroatoms. The number of amides is 1. The summed E-state index contributed by atoms with van der Waals surface area (Å²) < 4.78 is 1.07. The van der Waals surface area contributed by atoms with Gasteiger partial charge >= 0.3 is 0 Å². The SMILES string of the molecule is CCSc1cccc(C(=O)Nc2ccc(-c3nc4ccccc4s3)c(O)c2)c1. The van der Waals surface area contributed by atoms with Gasteiger partial charge in [0, 0.05) is 22.2 Å². The molecule has 3 aromatic carbocycles. The number of thioether (sulfide) groups is 1. The van der Waals surface area contributed by atoms with Gasteiger partial charge in [-0.15, -0.1) is 23.1 Å². The topological polar surface area (TPSA) is 62.2 Å². The molecule has 0 aliphatic carbocycles. The Morgan fingerprint density at radius 1 is 1.11 bits per heavy atom. The number of benzene rings is 3. The lowest BCUT2D eigenvalue weighted by molar-refractivity contribution is 0.102. The lowest BCUT2D eigenvalue weighted by Crippen LogP contribution is -2.11. The minimum Gasteiger partial charge on any atom is -0.507 e. The van der Waals surface area contributed by atoms with E-state index in [1.165, 1.54) is 11.3 Å². The van der Waals surface area contributed by atoms with E-state index in [9.17, 15) is 9.90 Å². The largest absolute Gasteiger partial charge is 0.507 e. The summed E-state index contributed by atoms with van der Waals surface area (Å²) in [5.74, 6) is 0.837. The molecule has 0 saturated carbocycles. The minimum absolute atomic E-state index is 0.0899. The molecule has 1 amide bonds. The van der Waals surface area contributed by atoms with E-state index in [1.807, 2.05) is 42.5 Å². The summed E-state index contributed by atoms with van der Waals surface area (Å²) in [4.78, 5) is 18.2. The fraction of sp³-hybridized carbons (Fsp3) is 0.0909. The van der Waals surface area contributed by atoms with Crippen LogP contribution in [-0.4, -0.2) is 21.8 Å². The standard InChI is InChI=1S/C22H18N2O2S2/c1-2-27-16-7-5-6-14(12-16)21(26)23-15-10-11-17(19(25)13-15)22-24-18-8-3-4-9-20(18)28-22/h3-13,25H,2H2,1H3,(H,23,26). The Morgan fingerprint density at radius 3 is 2.75 bits per heavy atom. The van der Waals surface area contributed by atoms with Gasteiger partial charge in [-0.25, -0.2) is 4.98 Å². The van der Waals surface area contributed by atoms with Crippen LogP contribution in [0.4, 0.5) is 5.69 Å². The summed E-state index contributed by atoms with van der Waals surface area (Å²) in [5.41, 5.74) is 2.69. The molecular formula is C22H18N2O2S2. The number of nitrogens with zero attached hydrogens (tertiary/aromatic N) is 1. The van der Waals surface area contributed by atoms with Crippen molar-refractivity contribution in [2.45, 2.75) is 11.8 Å². The molecule has 0 radical (unpaired) electrons. The number of phenols is 1. The second-order valence-corrected chi connectivity index (χ2v) is 8.50. The van der Waals surface area contributed by atoms with Crippen molar-refractivity contribution in [3.63, 3.8) is 0 Å². The van der Waals surface area contributed by atoms with Crippen molar-refractivity contribution in [3.05, 3.63) is 72.3 Å². The molecule has 1 heterocycles. The van der Waals surface area contributed by atoms with Crippen molar-refractivity contribution >= 4 is 44.9 Å². The number of thiazole rings is 1. The van der Waals surface area contributed by atoms with Crippen LogP contribution in [0.2, 0.25) is 0 Å². The number of phenolic OH excluding ortho intramolecular Hbond substituents is 1. The first-order chi connectivity index (χ1) is 13.6. The Balaban J connectivity index is 1.56. The Labute approximate surface area is 171 Å². The van der Waals surface area contributed by atoms with Crippen LogP contribution in [0.1, 0.15) is 17.3 Å². The van der Waals surface area contributed by atoms with Crippen molar-refractivity contribution in [3.8, 4) is 16.3 Å². The highest BCUT2D eigenvalue weighted by molar-refractivity contribution is 7.99. The summed E-state index contributed by atoms with van der Waals surface area (Å²) in [6, 6.07) is 20.5. The van der Waals surface area contributed by atoms with E-state index in [1.54, 1.807) is 36.0 Å². The second kappa shape index (κ2) is 8.04. The zero-order valence-corrected chi connectivity index (χ0v) is 16.8. The number of anilines is 1. The highest BCUT2D eigenvalue weighted by Gasteiger charge is 2.13. The maximum atomic E-state index is 12.5. The predicted molar refractivity (Wildman–Crippen MR) is 118 cm³/mol.